The van der Waals surface area contributed by atoms with Gasteiger partial charge in [0.15, 0.2) is 0 Å². The summed E-state index contributed by atoms with van der Waals surface area (Å²) in [4.78, 5) is 0. The van der Waals surface area contributed by atoms with Crippen LogP contribution in [-0.4, -0.2) is 22.4 Å². The van der Waals surface area contributed by atoms with Crippen LogP contribution in [-0.2, 0) is 12.8 Å². The van der Waals surface area contributed by atoms with E-state index in [0.29, 0.717) is 19.3 Å². The third-order valence-electron chi connectivity index (χ3n) is 3.47. The molecular weight excluding hydrogens is 319 g/mol. The summed E-state index contributed by atoms with van der Waals surface area (Å²) in [5.74, 6) is 0. The highest BCUT2D eigenvalue weighted by molar-refractivity contribution is 5.85. The van der Waals surface area contributed by atoms with Gasteiger partial charge in [0, 0.05) is 0 Å². The molecule has 2 nitrogen and oxygen atoms in total. The third-order valence-corrected chi connectivity index (χ3v) is 3.47. The van der Waals surface area contributed by atoms with Crippen molar-refractivity contribution in [3.05, 3.63) is 71.8 Å². The Kier molecular flexibility index (Phi) is 10.9. The smallest absolute Gasteiger partial charge is 0.0605 e. The molecule has 122 valence electrons. The van der Waals surface area contributed by atoms with E-state index in [1.165, 1.54) is 5.56 Å². The maximum absolute atomic E-state index is 10.0. The minimum atomic E-state index is -0.483. The van der Waals surface area contributed by atoms with Crippen LogP contribution in [0.25, 0.3) is 0 Å². The summed E-state index contributed by atoms with van der Waals surface area (Å²) in [5, 5.41) is 20.0. The van der Waals surface area contributed by atoms with E-state index < -0.39 is 12.2 Å². The van der Waals surface area contributed by atoms with Crippen LogP contribution >= 0.6 is 24.8 Å². The van der Waals surface area contributed by atoms with Gasteiger partial charge in [0.2, 0.25) is 0 Å². The molecule has 2 N–H and O–H groups in total. The van der Waals surface area contributed by atoms with Crippen molar-refractivity contribution in [3.8, 4) is 0 Å². The SMILES string of the molecule is Cl.Cl.O[C@@H](CCc1ccccc1)C[C@@H](O)Cc1ccccc1. The lowest BCUT2D eigenvalue weighted by Crippen LogP contribution is -2.20. The van der Waals surface area contributed by atoms with Gasteiger partial charge in [-0.3, -0.25) is 0 Å². The van der Waals surface area contributed by atoms with Crippen molar-refractivity contribution in [3.63, 3.8) is 0 Å². The summed E-state index contributed by atoms with van der Waals surface area (Å²) in [6, 6.07) is 20.0. The van der Waals surface area contributed by atoms with Gasteiger partial charge in [0.1, 0.15) is 0 Å². The summed E-state index contributed by atoms with van der Waals surface area (Å²) in [6.07, 6.45) is 1.64. The Bertz CT molecular complexity index is 491. The lowest BCUT2D eigenvalue weighted by atomic mass is 9.99. The molecule has 22 heavy (non-hydrogen) atoms. The molecule has 4 heteroatoms. The van der Waals surface area contributed by atoms with E-state index in [9.17, 15) is 10.2 Å². The van der Waals surface area contributed by atoms with Crippen molar-refractivity contribution in [2.75, 3.05) is 0 Å². The molecule has 0 unspecified atom stereocenters. The van der Waals surface area contributed by atoms with E-state index in [1.54, 1.807) is 0 Å². The highest BCUT2D eigenvalue weighted by Gasteiger charge is 2.12. The molecule has 0 amide bonds. The predicted octanol–water partition coefficient (Wildman–Crippen LogP) is 3.82. The van der Waals surface area contributed by atoms with E-state index in [-0.39, 0.29) is 24.8 Å². The minimum Gasteiger partial charge on any atom is -0.393 e. The maximum atomic E-state index is 10.0. The van der Waals surface area contributed by atoms with Gasteiger partial charge in [-0.25, -0.2) is 0 Å². The van der Waals surface area contributed by atoms with Gasteiger partial charge in [-0.15, -0.1) is 24.8 Å². The van der Waals surface area contributed by atoms with Crippen molar-refractivity contribution in [2.45, 2.75) is 37.9 Å². The molecule has 0 aromatic heterocycles. The molecule has 0 heterocycles. The number of aryl methyl sites for hydroxylation is 1. The fraction of sp³-hybridized carbons (Fsp3) is 0.333. The van der Waals surface area contributed by atoms with Gasteiger partial charge < -0.3 is 10.2 Å². The van der Waals surface area contributed by atoms with E-state index in [4.69, 9.17) is 0 Å². The number of halogens is 2. The first-order chi connectivity index (χ1) is 9.74. The normalized spacial score (nSPS) is 12.6. The molecule has 2 aromatic rings. The molecule has 2 aromatic carbocycles. The number of benzene rings is 2. The van der Waals surface area contributed by atoms with E-state index in [0.717, 1.165) is 12.0 Å². The van der Waals surface area contributed by atoms with E-state index in [1.807, 2.05) is 48.5 Å². The van der Waals surface area contributed by atoms with E-state index >= 15 is 0 Å². The summed E-state index contributed by atoms with van der Waals surface area (Å²) in [6.45, 7) is 0. The fourth-order valence-electron chi connectivity index (χ4n) is 2.38. The van der Waals surface area contributed by atoms with Gasteiger partial charge in [0.05, 0.1) is 12.2 Å². The molecule has 0 spiro atoms. The zero-order valence-corrected chi connectivity index (χ0v) is 14.1. The standard InChI is InChI=1S/C18H22O2.2ClH/c19-17(12-11-15-7-3-1-4-8-15)14-18(20)13-16-9-5-2-6-10-16;;/h1-10,17-20H,11-14H2;2*1H/t17-,18-;;/m0../s1. The second kappa shape index (κ2) is 11.5. The topological polar surface area (TPSA) is 40.5 Å². The van der Waals surface area contributed by atoms with Crippen molar-refractivity contribution in [1.29, 1.82) is 0 Å². The van der Waals surface area contributed by atoms with Gasteiger partial charge in [-0.2, -0.15) is 0 Å². The van der Waals surface area contributed by atoms with Crippen LogP contribution in [0.15, 0.2) is 60.7 Å². The molecular formula is C18H24Cl2O2. The molecule has 0 saturated heterocycles. The number of aliphatic hydroxyl groups is 2. The Morgan fingerprint density at radius 1 is 0.682 bits per heavy atom. The van der Waals surface area contributed by atoms with Gasteiger partial charge in [-0.1, -0.05) is 60.7 Å². The molecule has 2 atom stereocenters. The van der Waals surface area contributed by atoms with Crippen LogP contribution in [0, 0.1) is 0 Å². The Morgan fingerprint density at radius 2 is 1.18 bits per heavy atom. The average Bonchev–Trinajstić information content (AvgIpc) is 2.47. The summed E-state index contributed by atoms with van der Waals surface area (Å²) >= 11 is 0. The Morgan fingerprint density at radius 3 is 1.73 bits per heavy atom. The van der Waals surface area contributed by atoms with Gasteiger partial charge in [-0.05, 0) is 36.8 Å². The Labute approximate surface area is 145 Å². The van der Waals surface area contributed by atoms with Crippen LogP contribution < -0.4 is 0 Å². The molecule has 0 bridgehead atoms. The molecule has 0 fully saturated rings. The van der Waals surface area contributed by atoms with Crippen LogP contribution in [0.3, 0.4) is 0 Å². The highest BCUT2D eigenvalue weighted by Crippen LogP contribution is 2.12. The van der Waals surface area contributed by atoms with Crippen LogP contribution in [0.4, 0.5) is 0 Å². The highest BCUT2D eigenvalue weighted by atomic mass is 35.5. The lowest BCUT2D eigenvalue weighted by Gasteiger charge is -2.15. The summed E-state index contributed by atoms with van der Waals surface area (Å²) in [7, 11) is 0. The minimum absolute atomic E-state index is 0. The van der Waals surface area contributed by atoms with Gasteiger partial charge >= 0.3 is 0 Å². The second-order valence-electron chi connectivity index (χ2n) is 5.26. The largest absolute Gasteiger partial charge is 0.393 e. The number of hydrogen-bond donors (Lipinski definition) is 2. The number of hydrogen-bond acceptors (Lipinski definition) is 2. The van der Waals surface area contributed by atoms with Crippen molar-refractivity contribution < 1.29 is 10.2 Å². The monoisotopic (exact) mass is 342 g/mol. The van der Waals surface area contributed by atoms with Crippen LogP contribution in [0.5, 0.6) is 0 Å². The second-order valence-corrected chi connectivity index (χ2v) is 5.26. The average molecular weight is 343 g/mol. The summed E-state index contributed by atoms with van der Waals surface area (Å²) in [5.41, 5.74) is 2.33. The van der Waals surface area contributed by atoms with Crippen LogP contribution in [0.2, 0.25) is 0 Å². The molecule has 0 aliphatic carbocycles. The van der Waals surface area contributed by atoms with Crippen molar-refractivity contribution >= 4 is 24.8 Å². The zero-order chi connectivity index (χ0) is 14.2. The van der Waals surface area contributed by atoms with E-state index in [2.05, 4.69) is 12.1 Å². The molecule has 0 saturated carbocycles. The third kappa shape index (κ3) is 7.81. The Balaban J connectivity index is 0.00000220. The van der Waals surface area contributed by atoms with Crippen LogP contribution in [0.1, 0.15) is 24.0 Å². The van der Waals surface area contributed by atoms with Crippen molar-refractivity contribution in [1.82, 2.24) is 0 Å². The number of rotatable bonds is 7. The van der Waals surface area contributed by atoms with Crippen molar-refractivity contribution in [2.24, 2.45) is 0 Å². The lowest BCUT2D eigenvalue weighted by molar-refractivity contribution is 0.0761. The first-order valence-electron chi connectivity index (χ1n) is 7.18. The number of aliphatic hydroxyl groups excluding tert-OH is 2. The fourth-order valence-corrected chi connectivity index (χ4v) is 2.38. The quantitative estimate of drug-likeness (QED) is 0.802. The molecule has 0 aliphatic heterocycles. The Hall–Kier alpha value is -1.06. The molecule has 2 rings (SSSR count). The first kappa shape index (κ1) is 20.9. The predicted molar refractivity (Wildman–Crippen MR) is 96.0 cm³/mol. The van der Waals surface area contributed by atoms with Gasteiger partial charge in [0.25, 0.3) is 0 Å². The first-order valence-corrected chi connectivity index (χ1v) is 7.18. The zero-order valence-electron chi connectivity index (χ0n) is 12.5. The molecule has 0 aliphatic rings. The summed E-state index contributed by atoms with van der Waals surface area (Å²) < 4.78 is 0. The molecule has 0 radical (unpaired) electrons. The maximum Gasteiger partial charge on any atom is 0.0605 e.